The lowest BCUT2D eigenvalue weighted by molar-refractivity contribution is -0.198. The van der Waals surface area contributed by atoms with Crippen LogP contribution in [-0.2, 0) is 12.1 Å². The van der Waals surface area contributed by atoms with E-state index >= 15 is 0 Å². The predicted molar refractivity (Wildman–Crippen MR) is 72.7 cm³/mol. The van der Waals surface area contributed by atoms with Crippen LogP contribution in [-0.4, -0.2) is 45.0 Å². The Hall–Kier alpha value is -2.23. The molecule has 2 aromatic rings. The quantitative estimate of drug-likeness (QED) is 0.911. The van der Waals surface area contributed by atoms with Gasteiger partial charge in [-0.1, -0.05) is 0 Å². The van der Waals surface area contributed by atoms with Crippen molar-refractivity contribution < 1.29 is 17.9 Å². The Morgan fingerprint density at radius 3 is 2.91 bits per heavy atom. The Morgan fingerprint density at radius 1 is 1.43 bits per heavy atom. The summed E-state index contributed by atoms with van der Waals surface area (Å²) in [5.74, 6) is 0.0654. The number of hydrogen-bond donors (Lipinski definition) is 1. The zero-order valence-electron chi connectivity index (χ0n) is 12.3. The van der Waals surface area contributed by atoms with Crippen molar-refractivity contribution >= 4 is 0 Å². The minimum atomic E-state index is -4.47. The molecule has 3 rings (SSSR count). The number of alkyl halides is 3. The molecule has 1 aliphatic rings. The van der Waals surface area contributed by atoms with Crippen LogP contribution < -0.4 is 10.1 Å². The lowest BCUT2D eigenvalue weighted by Crippen LogP contribution is -2.50. The number of methoxy groups -OCH3 is 1. The van der Waals surface area contributed by atoms with Crippen molar-refractivity contribution in [3.63, 3.8) is 0 Å². The maximum Gasteiger partial charge on any atom is 0.414 e. The van der Waals surface area contributed by atoms with Gasteiger partial charge >= 0.3 is 6.18 Å². The van der Waals surface area contributed by atoms with Crippen LogP contribution in [0.4, 0.5) is 13.2 Å². The summed E-state index contributed by atoms with van der Waals surface area (Å²) in [6.07, 6.45) is -2.61. The number of hydrogen-bond acceptors (Lipinski definition) is 6. The summed E-state index contributed by atoms with van der Waals surface area (Å²) in [6, 6.07) is 3.37. The summed E-state index contributed by atoms with van der Waals surface area (Å²) in [6.45, 7) is 0.454. The highest BCUT2D eigenvalue weighted by molar-refractivity contribution is 5.20. The highest BCUT2D eigenvalue weighted by Crippen LogP contribution is 2.43. The normalized spacial score (nSPS) is 21.6. The summed E-state index contributed by atoms with van der Waals surface area (Å²) < 4.78 is 45.3. The smallest absolute Gasteiger partial charge is 0.414 e. The second-order valence-electron chi connectivity index (χ2n) is 5.28. The maximum absolute atomic E-state index is 13.4. The molecule has 0 bridgehead atoms. The monoisotopic (exact) mass is 328 g/mol. The van der Waals surface area contributed by atoms with E-state index in [4.69, 9.17) is 4.74 Å². The van der Waals surface area contributed by atoms with Gasteiger partial charge in [-0.25, -0.2) is 4.98 Å². The molecule has 0 saturated carbocycles. The zero-order chi connectivity index (χ0) is 16.5. The van der Waals surface area contributed by atoms with Crippen LogP contribution in [0.2, 0.25) is 0 Å². The number of aromatic nitrogens is 5. The lowest BCUT2D eigenvalue weighted by Gasteiger charge is -2.28. The number of nitrogens with zero attached hydrogens (tertiary/aromatic N) is 5. The van der Waals surface area contributed by atoms with Gasteiger partial charge in [-0.2, -0.15) is 18.0 Å². The Balaban J connectivity index is 1.85. The van der Waals surface area contributed by atoms with E-state index in [1.165, 1.54) is 7.11 Å². The molecule has 0 aliphatic carbocycles. The van der Waals surface area contributed by atoms with E-state index in [1.54, 1.807) is 18.3 Å². The van der Waals surface area contributed by atoms with Gasteiger partial charge in [0.2, 0.25) is 11.7 Å². The van der Waals surface area contributed by atoms with Crippen molar-refractivity contribution in [2.45, 2.75) is 31.1 Å². The van der Waals surface area contributed by atoms with Crippen molar-refractivity contribution in [3.05, 3.63) is 29.7 Å². The van der Waals surface area contributed by atoms with Crippen molar-refractivity contribution in [2.75, 3.05) is 13.7 Å². The molecule has 0 aromatic carbocycles. The fourth-order valence-electron chi connectivity index (χ4n) is 2.61. The van der Waals surface area contributed by atoms with Crippen molar-refractivity contribution in [2.24, 2.45) is 0 Å². The number of halogens is 3. The highest BCUT2D eigenvalue weighted by atomic mass is 19.4. The van der Waals surface area contributed by atoms with E-state index in [2.05, 4.69) is 25.7 Å². The predicted octanol–water partition coefficient (Wildman–Crippen LogP) is 1.27. The Kier molecular flexibility index (Phi) is 3.92. The van der Waals surface area contributed by atoms with E-state index in [0.717, 1.165) is 10.4 Å². The largest absolute Gasteiger partial charge is 0.481 e. The average Bonchev–Trinajstić information content (AvgIpc) is 3.16. The Morgan fingerprint density at radius 2 is 2.26 bits per heavy atom. The van der Waals surface area contributed by atoms with Crippen molar-refractivity contribution in [1.82, 2.24) is 30.5 Å². The lowest BCUT2D eigenvalue weighted by atomic mass is 9.96. The van der Waals surface area contributed by atoms with E-state index in [0.29, 0.717) is 12.3 Å². The van der Waals surface area contributed by atoms with Crippen LogP contribution >= 0.6 is 0 Å². The summed E-state index contributed by atoms with van der Waals surface area (Å²) in [7, 11) is 1.48. The first-order valence-electron chi connectivity index (χ1n) is 7.03. The molecule has 7 nitrogen and oxygen atoms in total. The molecule has 1 aliphatic heterocycles. The first kappa shape index (κ1) is 15.7. The molecule has 0 amide bonds. The number of rotatable bonds is 4. The second kappa shape index (κ2) is 5.76. The summed E-state index contributed by atoms with van der Waals surface area (Å²) in [5, 5.41) is 13.8. The molecular weight excluding hydrogens is 313 g/mol. The number of pyridine rings is 1. The van der Waals surface area contributed by atoms with E-state index < -0.39 is 11.7 Å². The SMILES string of the molecule is COc1cc(Cn2nnc(C3(C(F)(F)F)CCCN3)n2)ccn1. The molecule has 23 heavy (non-hydrogen) atoms. The molecule has 0 spiro atoms. The topological polar surface area (TPSA) is 77.8 Å². The molecule has 2 aromatic heterocycles. The van der Waals surface area contributed by atoms with E-state index in [1.807, 2.05) is 0 Å². The van der Waals surface area contributed by atoms with Gasteiger partial charge in [-0.05, 0) is 36.2 Å². The van der Waals surface area contributed by atoms with E-state index in [9.17, 15) is 13.2 Å². The number of nitrogens with one attached hydrogen (secondary N) is 1. The summed E-state index contributed by atoms with van der Waals surface area (Å²) >= 11 is 0. The molecule has 10 heteroatoms. The minimum absolute atomic E-state index is 0.0920. The van der Waals surface area contributed by atoms with Crippen LogP contribution in [0.5, 0.6) is 5.88 Å². The Labute approximate surface area is 129 Å². The van der Waals surface area contributed by atoms with Gasteiger partial charge < -0.3 is 4.74 Å². The second-order valence-corrected chi connectivity index (χ2v) is 5.28. The van der Waals surface area contributed by atoms with Gasteiger partial charge in [-0.3, -0.25) is 5.32 Å². The summed E-state index contributed by atoms with van der Waals surface area (Å²) in [5.41, 5.74) is -1.46. The van der Waals surface area contributed by atoms with Crippen molar-refractivity contribution in [3.8, 4) is 5.88 Å². The fourth-order valence-corrected chi connectivity index (χ4v) is 2.61. The van der Waals surface area contributed by atoms with Gasteiger partial charge in [-0.15, -0.1) is 10.2 Å². The molecule has 1 N–H and O–H groups in total. The highest BCUT2D eigenvalue weighted by Gasteiger charge is 2.60. The minimum Gasteiger partial charge on any atom is -0.481 e. The van der Waals surface area contributed by atoms with Crippen LogP contribution in [0.1, 0.15) is 24.2 Å². The van der Waals surface area contributed by atoms with Gasteiger partial charge in [0.15, 0.2) is 5.54 Å². The average molecular weight is 328 g/mol. The number of tetrazole rings is 1. The first-order chi connectivity index (χ1) is 10.9. The van der Waals surface area contributed by atoms with Crippen LogP contribution in [0.15, 0.2) is 18.3 Å². The zero-order valence-corrected chi connectivity index (χ0v) is 12.3. The van der Waals surface area contributed by atoms with Crippen LogP contribution in [0.3, 0.4) is 0 Å². The Bertz CT molecular complexity index is 680. The molecule has 124 valence electrons. The third kappa shape index (κ3) is 2.85. The standard InChI is InChI=1S/C13H15F3N6O/c1-23-10-7-9(3-6-17-10)8-22-20-11(19-21-22)12(13(14,15)16)4-2-5-18-12/h3,6-7,18H,2,4-5,8H2,1H3. The van der Waals surface area contributed by atoms with E-state index in [-0.39, 0.29) is 25.3 Å². The first-order valence-corrected chi connectivity index (χ1v) is 7.03. The van der Waals surface area contributed by atoms with Gasteiger partial charge in [0.05, 0.1) is 13.7 Å². The molecule has 1 unspecified atom stereocenters. The number of ether oxygens (including phenoxy) is 1. The van der Waals surface area contributed by atoms with Crippen molar-refractivity contribution in [1.29, 1.82) is 0 Å². The molecular formula is C13H15F3N6O. The summed E-state index contributed by atoms with van der Waals surface area (Å²) in [4.78, 5) is 5.10. The molecule has 0 radical (unpaired) electrons. The fraction of sp³-hybridized carbons (Fsp3) is 0.538. The van der Waals surface area contributed by atoms with Gasteiger partial charge in [0, 0.05) is 12.3 Å². The third-order valence-corrected chi connectivity index (χ3v) is 3.81. The maximum atomic E-state index is 13.4. The molecule has 1 saturated heterocycles. The van der Waals surface area contributed by atoms with Gasteiger partial charge in [0.25, 0.3) is 0 Å². The molecule has 1 fully saturated rings. The van der Waals surface area contributed by atoms with Crippen LogP contribution in [0, 0.1) is 0 Å². The van der Waals surface area contributed by atoms with Gasteiger partial charge in [0.1, 0.15) is 0 Å². The van der Waals surface area contributed by atoms with Crippen LogP contribution in [0.25, 0.3) is 0 Å². The molecule has 3 heterocycles. The third-order valence-electron chi connectivity index (χ3n) is 3.81. The molecule has 1 atom stereocenters.